The highest BCUT2D eigenvalue weighted by molar-refractivity contribution is 7.90. The van der Waals surface area contributed by atoms with Gasteiger partial charge in [-0.25, -0.2) is 8.42 Å². The molecular weight excluding hydrogens is 268 g/mol. The normalized spacial score (nSPS) is 17.1. The quantitative estimate of drug-likeness (QED) is 0.859. The molecular formula is C13H16O5S. The van der Waals surface area contributed by atoms with Gasteiger partial charge in [-0.1, -0.05) is 0 Å². The van der Waals surface area contributed by atoms with Gasteiger partial charge in [-0.05, 0) is 42.5 Å². The number of benzene rings is 1. The highest BCUT2D eigenvalue weighted by atomic mass is 32.2. The Balaban J connectivity index is 2.43. The van der Waals surface area contributed by atoms with Crippen LogP contribution in [0.25, 0.3) is 0 Å². The predicted octanol–water partition coefficient (Wildman–Crippen LogP) is 1.76. The van der Waals surface area contributed by atoms with Crippen molar-refractivity contribution in [2.24, 2.45) is 5.92 Å². The lowest BCUT2D eigenvalue weighted by Crippen LogP contribution is -2.09. The van der Waals surface area contributed by atoms with Gasteiger partial charge in [-0.2, -0.15) is 0 Å². The molecule has 1 atom stereocenters. The average molecular weight is 284 g/mol. The van der Waals surface area contributed by atoms with Crippen LogP contribution in [0.15, 0.2) is 23.1 Å². The Kier molecular flexibility index (Phi) is 3.54. The van der Waals surface area contributed by atoms with E-state index in [0.29, 0.717) is 5.56 Å². The van der Waals surface area contributed by atoms with Gasteiger partial charge in [-0.15, -0.1) is 0 Å². The number of rotatable bonds is 5. The molecule has 1 aliphatic carbocycles. The van der Waals surface area contributed by atoms with Crippen molar-refractivity contribution < 1.29 is 23.4 Å². The standard InChI is InChI=1S/C13H16O5S/c1-19(17,18)9-4-5-12(14)11(6-9)10(7-13(15)16)8-2-3-8/h4-6,8,10,14H,2-3,7H2,1H3,(H,15,16). The molecule has 104 valence electrons. The van der Waals surface area contributed by atoms with E-state index in [1.54, 1.807) is 0 Å². The van der Waals surface area contributed by atoms with E-state index in [1.165, 1.54) is 18.2 Å². The van der Waals surface area contributed by atoms with Crippen LogP contribution in [0.4, 0.5) is 0 Å². The molecule has 1 aromatic rings. The number of carbonyl (C=O) groups is 1. The maximum Gasteiger partial charge on any atom is 0.303 e. The van der Waals surface area contributed by atoms with Gasteiger partial charge in [0.25, 0.3) is 0 Å². The predicted molar refractivity (Wildman–Crippen MR) is 68.9 cm³/mol. The van der Waals surface area contributed by atoms with Gasteiger partial charge in [0.1, 0.15) is 5.75 Å². The molecule has 1 fully saturated rings. The zero-order valence-corrected chi connectivity index (χ0v) is 11.4. The van der Waals surface area contributed by atoms with Gasteiger partial charge in [0.05, 0.1) is 11.3 Å². The number of aromatic hydroxyl groups is 1. The van der Waals surface area contributed by atoms with Crippen molar-refractivity contribution in [1.29, 1.82) is 0 Å². The smallest absolute Gasteiger partial charge is 0.303 e. The minimum Gasteiger partial charge on any atom is -0.508 e. The third-order valence-corrected chi connectivity index (χ3v) is 4.52. The number of carboxylic acid groups (broad SMARTS) is 1. The average Bonchev–Trinajstić information content (AvgIpc) is 3.08. The third-order valence-electron chi connectivity index (χ3n) is 3.41. The lowest BCUT2D eigenvalue weighted by Gasteiger charge is -2.16. The van der Waals surface area contributed by atoms with Crippen LogP contribution >= 0.6 is 0 Å². The zero-order valence-electron chi connectivity index (χ0n) is 10.5. The molecule has 0 aliphatic heterocycles. The van der Waals surface area contributed by atoms with Crippen molar-refractivity contribution in [1.82, 2.24) is 0 Å². The largest absolute Gasteiger partial charge is 0.508 e. The summed E-state index contributed by atoms with van der Waals surface area (Å²) in [6.45, 7) is 0. The number of aliphatic carboxylic acids is 1. The maximum absolute atomic E-state index is 11.5. The summed E-state index contributed by atoms with van der Waals surface area (Å²) in [4.78, 5) is 11.0. The molecule has 2 rings (SSSR count). The van der Waals surface area contributed by atoms with E-state index < -0.39 is 15.8 Å². The first-order valence-electron chi connectivity index (χ1n) is 6.04. The Hall–Kier alpha value is -1.56. The van der Waals surface area contributed by atoms with E-state index in [1.807, 2.05) is 0 Å². The maximum atomic E-state index is 11.5. The van der Waals surface area contributed by atoms with Crippen molar-refractivity contribution >= 4 is 15.8 Å². The summed E-state index contributed by atoms with van der Waals surface area (Å²) in [5.41, 5.74) is 0.424. The molecule has 6 heteroatoms. The molecule has 5 nitrogen and oxygen atoms in total. The second kappa shape index (κ2) is 4.85. The number of sulfone groups is 1. The summed E-state index contributed by atoms with van der Waals surface area (Å²) < 4.78 is 23.1. The van der Waals surface area contributed by atoms with E-state index in [-0.39, 0.29) is 28.9 Å². The minimum absolute atomic E-state index is 0.0365. The fourth-order valence-electron chi connectivity index (χ4n) is 2.28. The first-order chi connectivity index (χ1) is 8.79. The van der Waals surface area contributed by atoms with E-state index in [0.717, 1.165) is 19.1 Å². The molecule has 0 saturated heterocycles. The van der Waals surface area contributed by atoms with Crippen LogP contribution in [0.1, 0.15) is 30.7 Å². The number of hydrogen-bond acceptors (Lipinski definition) is 4. The lowest BCUT2D eigenvalue weighted by atomic mass is 9.90. The van der Waals surface area contributed by atoms with E-state index in [4.69, 9.17) is 5.11 Å². The van der Waals surface area contributed by atoms with Gasteiger partial charge in [0, 0.05) is 12.2 Å². The molecule has 0 spiro atoms. The third kappa shape index (κ3) is 3.26. The summed E-state index contributed by atoms with van der Waals surface area (Å²) in [6.07, 6.45) is 2.83. The lowest BCUT2D eigenvalue weighted by molar-refractivity contribution is -0.137. The molecule has 1 saturated carbocycles. The Morgan fingerprint density at radius 1 is 1.42 bits per heavy atom. The fourth-order valence-corrected chi connectivity index (χ4v) is 2.93. The van der Waals surface area contributed by atoms with Gasteiger partial charge in [-0.3, -0.25) is 4.79 Å². The molecule has 19 heavy (non-hydrogen) atoms. The van der Waals surface area contributed by atoms with Crippen LogP contribution in [-0.2, 0) is 14.6 Å². The van der Waals surface area contributed by atoms with Gasteiger partial charge in [0.2, 0.25) is 0 Å². The van der Waals surface area contributed by atoms with Crippen LogP contribution in [0.2, 0.25) is 0 Å². The molecule has 1 unspecified atom stereocenters. The second-order valence-corrected chi connectivity index (χ2v) is 7.05. The van der Waals surface area contributed by atoms with Crippen molar-refractivity contribution in [3.8, 4) is 5.75 Å². The number of phenols is 1. The molecule has 0 amide bonds. The second-order valence-electron chi connectivity index (χ2n) is 5.03. The summed E-state index contributed by atoms with van der Waals surface area (Å²) in [5, 5.41) is 18.8. The van der Waals surface area contributed by atoms with Crippen LogP contribution in [0.5, 0.6) is 5.75 Å². The van der Waals surface area contributed by atoms with Gasteiger partial charge < -0.3 is 10.2 Å². The molecule has 0 radical (unpaired) electrons. The van der Waals surface area contributed by atoms with E-state index in [9.17, 15) is 18.3 Å². The van der Waals surface area contributed by atoms with Gasteiger partial charge >= 0.3 is 5.97 Å². The van der Waals surface area contributed by atoms with Crippen LogP contribution in [-0.4, -0.2) is 30.9 Å². The van der Waals surface area contributed by atoms with Crippen molar-refractivity contribution in [3.63, 3.8) is 0 Å². The molecule has 1 aromatic carbocycles. The van der Waals surface area contributed by atoms with Gasteiger partial charge in [0.15, 0.2) is 9.84 Å². The van der Waals surface area contributed by atoms with Crippen LogP contribution in [0.3, 0.4) is 0 Å². The fraction of sp³-hybridized carbons (Fsp3) is 0.462. The summed E-state index contributed by atoms with van der Waals surface area (Å²) in [7, 11) is -3.37. The Morgan fingerprint density at radius 3 is 2.53 bits per heavy atom. The highest BCUT2D eigenvalue weighted by Crippen LogP contribution is 2.47. The number of carboxylic acids is 1. The first kappa shape index (κ1) is 13.9. The van der Waals surface area contributed by atoms with Crippen LogP contribution < -0.4 is 0 Å². The zero-order chi connectivity index (χ0) is 14.2. The highest BCUT2D eigenvalue weighted by Gasteiger charge is 2.35. The summed E-state index contributed by atoms with van der Waals surface area (Å²) >= 11 is 0. The van der Waals surface area contributed by atoms with Crippen molar-refractivity contribution in [2.75, 3.05) is 6.26 Å². The molecule has 0 heterocycles. The van der Waals surface area contributed by atoms with Crippen LogP contribution in [0, 0.1) is 5.92 Å². The summed E-state index contributed by atoms with van der Waals surface area (Å²) in [5.74, 6) is -1.08. The van der Waals surface area contributed by atoms with E-state index in [2.05, 4.69) is 0 Å². The van der Waals surface area contributed by atoms with Crippen molar-refractivity contribution in [2.45, 2.75) is 30.1 Å². The molecule has 2 N–H and O–H groups in total. The Bertz CT molecular complexity index is 601. The first-order valence-corrected chi connectivity index (χ1v) is 7.93. The van der Waals surface area contributed by atoms with Crippen molar-refractivity contribution in [3.05, 3.63) is 23.8 Å². The Labute approximate surface area is 111 Å². The summed E-state index contributed by atoms with van der Waals surface area (Å²) in [6, 6.07) is 4.05. The minimum atomic E-state index is -3.37. The monoisotopic (exact) mass is 284 g/mol. The number of hydrogen-bond donors (Lipinski definition) is 2. The molecule has 0 aromatic heterocycles. The Morgan fingerprint density at radius 2 is 2.05 bits per heavy atom. The molecule has 0 bridgehead atoms. The number of phenolic OH excluding ortho intramolecular Hbond substituents is 1. The SMILES string of the molecule is CS(=O)(=O)c1ccc(O)c(C(CC(=O)O)C2CC2)c1. The molecule has 1 aliphatic rings. The van der Waals surface area contributed by atoms with E-state index >= 15 is 0 Å². The topological polar surface area (TPSA) is 91.7 Å².